The van der Waals surface area contributed by atoms with Gasteiger partial charge in [-0.1, -0.05) is 6.07 Å². The van der Waals surface area contributed by atoms with Crippen molar-refractivity contribution in [2.45, 2.75) is 20.8 Å². The molecule has 0 bridgehead atoms. The molecule has 1 heterocycles. The van der Waals surface area contributed by atoms with Gasteiger partial charge in [0.2, 0.25) is 0 Å². The topological polar surface area (TPSA) is 84.9 Å². The summed E-state index contributed by atoms with van der Waals surface area (Å²) in [6.45, 7) is 5.16. The highest BCUT2D eigenvalue weighted by Crippen LogP contribution is 2.33. The summed E-state index contributed by atoms with van der Waals surface area (Å²) in [5.74, 6) is -1.61. The van der Waals surface area contributed by atoms with Crippen LogP contribution in [0.1, 0.15) is 38.1 Å². The second-order valence-corrected chi connectivity index (χ2v) is 7.50. The van der Waals surface area contributed by atoms with Crippen molar-refractivity contribution in [3.63, 3.8) is 0 Å². The lowest BCUT2D eigenvalue weighted by atomic mass is 10.1. The molecule has 1 N–H and O–H groups in total. The van der Waals surface area contributed by atoms with Crippen LogP contribution >= 0.6 is 11.3 Å². The molecule has 2 rings (SSSR count). The van der Waals surface area contributed by atoms with E-state index in [4.69, 9.17) is 9.47 Å². The van der Waals surface area contributed by atoms with E-state index >= 15 is 0 Å². The SMILES string of the molecule is CCOC(=O)c1c(NC(=O)COC(=O)c2cccc(N(C)C)c2)sc(C)c1C. The average molecular weight is 404 g/mol. The number of rotatable bonds is 7. The number of aryl methyl sites for hydroxylation is 1. The van der Waals surface area contributed by atoms with Crippen LogP contribution in [0.2, 0.25) is 0 Å². The van der Waals surface area contributed by atoms with Crippen molar-refractivity contribution in [1.82, 2.24) is 0 Å². The Hall–Kier alpha value is -2.87. The van der Waals surface area contributed by atoms with Gasteiger partial charge >= 0.3 is 11.9 Å². The number of hydrogen-bond donors (Lipinski definition) is 1. The van der Waals surface area contributed by atoms with Crippen LogP contribution in [0.3, 0.4) is 0 Å². The van der Waals surface area contributed by atoms with Crippen LogP contribution in [-0.4, -0.2) is 45.2 Å². The quantitative estimate of drug-likeness (QED) is 0.712. The first kappa shape index (κ1) is 21.4. The Labute approximate surface area is 168 Å². The highest BCUT2D eigenvalue weighted by atomic mass is 32.1. The van der Waals surface area contributed by atoms with E-state index in [1.54, 1.807) is 32.0 Å². The van der Waals surface area contributed by atoms with Gasteiger partial charge in [0.05, 0.1) is 17.7 Å². The Morgan fingerprint density at radius 2 is 1.82 bits per heavy atom. The summed E-state index contributed by atoms with van der Waals surface area (Å²) in [4.78, 5) is 39.4. The Morgan fingerprint density at radius 1 is 1.11 bits per heavy atom. The van der Waals surface area contributed by atoms with Crippen LogP contribution in [0, 0.1) is 13.8 Å². The fraction of sp³-hybridized carbons (Fsp3) is 0.350. The van der Waals surface area contributed by atoms with Crippen molar-refractivity contribution in [3.05, 3.63) is 45.8 Å². The lowest BCUT2D eigenvalue weighted by molar-refractivity contribution is -0.119. The molecular weight excluding hydrogens is 380 g/mol. The number of hydrogen-bond acceptors (Lipinski definition) is 7. The smallest absolute Gasteiger partial charge is 0.341 e. The first-order chi connectivity index (χ1) is 13.2. The molecule has 28 heavy (non-hydrogen) atoms. The van der Waals surface area contributed by atoms with Gasteiger partial charge in [-0.2, -0.15) is 0 Å². The zero-order valence-corrected chi connectivity index (χ0v) is 17.4. The third-order valence-corrected chi connectivity index (χ3v) is 5.17. The van der Waals surface area contributed by atoms with Gasteiger partial charge in [0.1, 0.15) is 5.00 Å². The number of thiophene rings is 1. The van der Waals surface area contributed by atoms with Gasteiger partial charge in [0, 0.05) is 24.7 Å². The predicted molar refractivity (Wildman–Crippen MR) is 109 cm³/mol. The molecule has 2 aromatic rings. The highest BCUT2D eigenvalue weighted by molar-refractivity contribution is 7.16. The molecule has 0 radical (unpaired) electrons. The minimum absolute atomic E-state index is 0.240. The number of esters is 2. The van der Waals surface area contributed by atoms with Gasteiger partial charge in [-0.05, 0) is 44.5 Å². The number of ether oxygens (including phenoxy) is 2. The van der Waals surface area contributed by atoms with E-state index in [-0.39, 0.29) is 6.61 Å². The molecule has 150 valence electrons. The predicted octanol–water partition coefficient (Wildman–Crippen LogP) is 3.40. The number of carbonyl (C=O) groups is 3. The minimum Gasteiger partial charge on any atom is -0.462 e. The van der Waals surface area contributed by atoms with Crippen molar-refractivity contribution in [1.29, 1.82) is 0 Å². The van der Waals surface area contributed by atoms with Crippen LogP contribution < -0.4 is 10.2 Å². The Kier molecular flexibility index (Phi) is 7.17. The molecule has 0 saturated carbocycles. The number of carbonyl (C=O) groups excluding carboxylic acids is 3. The molecule has 0 spiro atoms. The second-order valence-electron chi connectivity index (χ2n) is 6.28. The number of amides is 1. The fourth-order valence-corrected chi connectivity index (χ4v) is 3.52. The van der Waals surface area contributed by atoms with E-state index in [2.05, 4.69) is 5.32 Å². The molecule has 1 aromatic heterocycles. The molecule has 0 aliphatic rings. The zero-order chi connectivity index (χ0) is 20.8. The molecule has 1 amide bonds. The molecule has 7 nitrogen and oxygen atoms in total. The standard InChI is InChI=1S/C20H24N2O5S/c1-6-26-20(25)17-12(2)13(3)28-18(17)21-16(23)11-27-19(24)14-8-7-9-15(10-14)22(4)5/h7-10H,6,11H2,1-5H3,(H,21,23). The molecule has 0 atom stereocenters. The summed E-state index contributed by atoms with van der Waals surface area (Å²) in [7, 11) is 3.73. The average Bonchev–Trinajstić information content (AvgIpc) is 2.93. The maximum Gasteiger partial charge on any atom is 0.341 e. The van der Waals surface area contributed by atoms with E-state index in [0.29, 0.717) is 16.1 Å². The molecule has 0 unspecified atom stereocenters. The second kappa shape index (κ2) is 9.36. The minimum atomic E-state index is -0.594. The number of nitrogens with one attached hydrogen (secondary N) is 1. The number of nitrogens with zero attached hydrogens (tertiary/aromatic N) is 1. The van der Waals surface area contributed by atoms with E-state index in [9.17, 15) is 14.4 Å². The zero-order valence-electron chi connectivity index (χ0n) is 16.6. The van der Waals surface area contributed by atoms with Crippen molar-refractivity contribution >= 4 is 39.9 Å². The third-order valence-electron chi connectivity index (χ3n) is 4.05. The summed E-state index contributed by atoms with van der Waals surface area (Å²) >= 11 is 1.28. The monoisotopic (exact) mass is 404 g/mol. The van der Waals surface area contributed by atoms with Crippen LogP contribution in [0.5, 0.6) is 0 Å². The molecule has 8 heteroatoms. The Balaban J connectivity index is 2.03. The van der Waals surface area contributed by atoms with Crippen molar-refractivity contribution in [3.8, 4) is 0 Å². The lowest BCUT2D eigenvalue weighted by Gasteiger charge is -2.13. The first-order valence-corrected chi connectivity index (χ1v) is 9.57. The van der Waals surface area contributed by atoms with Gasteiger partial charge in [-0.25, -0.2) is 9.59 Å². The molecular formula is C20H24N2O5S. The summed E-state index contributed by atoms with van der Waals surface area (Å²) < 4.78 is 10.2. The van der Waals surface area contributed by atoms with Gasteiger partial charge in [0.25, 0.3) is 5.91 Å². The highest BCUT2D eigenvalue weighted by Gasteiger charge is 2.22. The van der Waals surface area contributed by atoms with Crippen LogP contribution in [0.25, 0.3) is 0 Å². The van der Waals surface area contributed by atoms with E-state index in [1.165, 1.54) is 11.3 Å². The first-order valence-electron chi connectivity index (χ1n) is 8.76. The summed E-state index contributed by atoms with van der Waals surface area (Å²) in [6, 6.07) is 6.92. The summed E-state index contributed by atoms with van der Waals surface area (Å²) in [5, 5.41) is 3.03. The van der Waals surface area contributed by atoms with Crippen molar-refractivity contribution in [2.75, 3.05) is 37.5 Å². The normalized spacial score (nSPS) is 10.3. The fourth-order valence-electron chi connectivity index (χ4n) is 2.45. The molecule has 1 aromatic carbocycles. The molecule has 0 aliphatic carbocycles. The van der Waals surface area contributed by atoms with Crippen LogP contribution in [0.15, 0.2) is 24.3 Å². The molecule has 0 saturated heterocycles. The molecule has 0 fully saturated rings. The van der Waals surface area contributed by atoms with Crippen LogP contribution in [-0.2, 0) is 14.3 Å². The number of benzene rings is 1. The van der Waals surface area contributed by atoms with Gasteiger partial charge < -0.3 is 19.7 Å². The van der Waals surface area contributed by atoms with E-state index < -0.39 is 24.5 Å². The maximum absolute atomic E-state index is 12.2. The van der Waals surface area contributed by atoms with Gasteiger partial charge in [-0.15, -0.1) is 11.3 Å². The van der Waals surface area contributed by atoms with Crippen molar-refractivity contribution in [2.24, 2.45) is 0 Å². The number of anilines is 2. The molecule has 0 aliphatic heterocycles. The lowest BCUT2D eigenvalue weighted by Crippen LogP contribution is -2.22. The van der Waals surface area contributed by atoms with Crippen molar-refractivity contribution < 1.29 is 23.9 Å². The van der Waals surface area contributed by atoms with E-state index in [0.717, 1.165) is 16.1 Å². The largest absolute Gasteiger partial charge is 0.462 e. The van der Waals surface area contributed by atoms with Crippen LogP contribution in [0.4, 0.5) is 10.7 Å². The Morgan fingerprint density at radius 3 is 2.46 bits per heavy atom. The summed E-state index contributed by atoms with van der Waals surface area (Å²) in [6.07, 6.45) is 0. The van der Waals surface area contributed by atoms with Gasteiger partial charge in [-0.3, -0.25) is 4.79 Å². The maximum atomic E-state index is 12.2. The Bertz CT molecular complexity index is 889. The van der Waals surface area contributed by atoms with E-state index in [1.807, 2.05) is 32.0 Å². The third kappa shape index (κ3) is 5.10. The summed E-state index contributed by atoms with van der Waals surface area (Å²) in [5.41, 5.74) is 2.30. The van der Waals surface area contributed by atoms with Gasteiger partial charge in [0.15, 0.2) is 6.61 Å².